The second-order valence-corrected chi connectivity index (χ2v) is 6.62. The van der Waals surface area contributed by atoms with E-state index < -0.39 is 0 Å². The first-order valence-electron chi connectivity index (χ1n) is 8.08. The van der Waals surface area contributed by atoms with Crippen molar-refractivity contribution >= 4 is 33.5 Å². The Hall–Kier alpha value is -3.25. The van der Waals surface area contributed by atoms with Gasteiger partial charge in [0.1, 0.15) is 5.76 Å². The van der Waals surface area contributed by atoms with E-state index in [-0.39, 0.29) is 5.91 Å². The van der Waals surface area contributed by atoms with E-state index in [0.717, 1.165) is 20.8 Å². The van der Waals surface area contributed by atoms with Gasteiger partial charge in [0, 0.05) is 18.5 Å². The summed E-state index contributed by atoms with van der Waals surface area (Å²) in [4.78, 5) is 20.5. The number of carbonyl (C=O) groups excluding carboxylic acids is 1. The third-order valence-electron chi connectivity index (χ3n) is 3.71. The maximum absolute atomic E-state index is 11.9. The molecular weight excluding hydrogens is 346 g/mol. The number of nitrogens with zero attached hydrogens (tertiary/aromatic N) is 2. The number of hydrogen-bond acceptors (Lipinski definition) is 5. The van der Waals surface area contributed by atoms with Crippen molar-refractivity contribution in [3.63, 3.8) is 0 Å². The smallest absolute Gasteiger partial charge is 0.244 e. The van der Waals surface area contributed by atoms with Gasteiger partial charge in [-0.05, 0) is 42.0 Å². The Labute approximate surface area is 154 Å². The highest BCUT2D eigenvalue weighted by Gasteiger charge is 2.10. The lowest BCUT2D eigenvalue weighted by Gasteiger charge is -1.99. The van der Waals surface area contributed by atoms with Crippen LogP contribution in [0.5, 0.6) is 0 Å². The maximum atomic E-state index is 11.9. The molecule has 6 heteroatoms. The largest absolute Gasteiger partial charge is 0.457 e. The Morgan fingerprint density at radius 1 is 1.15 bits per heavy atom. The van der Waals surface area contributed by atoms with Crippen molar-refractivity contribution in [3.8, 4) is 10.8 Å². The monoisotopic (exact) mass is 361 g/mol. The van der Waals surface area contributed by atoms with Crippen LogP contribution < -0.4 is 5.32 Å². The first-order chi connectivity index (χ1) is 12.8. The van der Waals surface area contributed by atoms with Gasteiger partial charge < -0.3 is 9.73 Å². The Bertz CT molecular complexity index is 1030. The quantitative estimate of drug-likeness (QED) is 0.539. The van der Waals surface area contributed by atoms with Gasteiger partial charge in [0.25, 0.3) is 0 Å². The van der Waals surface area contributed by atoms with Gasteiger partial charge in [0.05, 0.1) is 16.8 Å². The zero-order chi connectivity index (χ0) is 17.8. The topological polar surface area (TPSA) is 68.0 Å². The van der Waals surface area contributed by atoms with Crippen LogP contribution in [-0.4, -0.2) is 15.9 Å². The van der Waals surface area contributed by atoms with Crippen molar-refractivity contribution in [2.24, 2.45) is 0 Å². The minimum absolute atomic E-state index is 0.188. The van der Waals surface area contributed by atoms with Gasteiger partial charge in [0.2, 0.25) is 5.91 Å². The molecule has 4 aromatic rings. The van der Waals surface area contributed by atoms with E-state index in [9.17, 15) is 4.79 Å². The average molecular weight is 361 g/mol. The fourth-order valence-corrected chi connectivity index (χ4v) is 3.37. The van der Waals surface area contributed by atoms with Crippen LogP contribution >= 0.6 is 11.3 Å². The van der Waals surface area contributed by atoms with Crippen LogP contribution in [0.1, 0.15) is 11.3 Å². The number of hydrogen-bond donors (Lipinski definition) is 1. The van der Waals surface area contributed by atoms with E-state index in [1.54, 1.807) is 29.8 Å². The van der Waals surface area contributed by atoms with E-state index in [0.29, 0.717) is 18.1 Å². The highest BCUT2D eigenvalue weighted by atomic mass is 32.1. The SMILES string of the molecule is O=C(/C=C/c1cccnc1)NCc1ccc(-c2nc3ccccc3s2)o1. The molecule has 26 heavy (non-hydrogen) atoms. The summed E-state index contributed by atoms with van der Waals surface area (Å²) in [5.74, 6) is 1.20. The van der Waals surface area contributed by atoms with Crippen molar-refractivity contribution in [2.45, 2.75) is 6.54 Å². The molecule has 0 fully saturated rings. The summed E-state index contributed by atoms with van der Waals surface area (Å²) in [7, 11) is 0. The van der Waals surface area contributed by atoms with Gasteiger partial charge in [-0.3, -0.25) is 9.78 Å². The van der Waals surface area contributed by atoms with Gasteiger partial charge >= 0.3 is 0 Å². The predicted octanol–water partition coefficient (Wildman–Crippen LogP) is 4.28. The molecule has 4 rings (SSSR count). The lowest BCUT2D eigenvalue weighted by Crippen LogP contribution is -2.19. The van der Waals surface area contributed by atoms with Crippen molar-refractivity contribution in [1.82, 2.24) is 15.3 Å². The number of aromatic nitrogens is 2. The second kappa shape index (κ2) is 7.33. The summed E-state index contributed by atoms with van der Waals surface area (Å²) >= 11 is 1.58. The Kier molecular flexibility index (Phi) is 4.57. The predicted molar refractivity (Wildman–Crippen MR) is 102 cm³/mol. The maximum Gasteiger partial charge on any atom is 0.244 e. The number of thiazole rings is 1. The summed E-state index contributed by atoms with van der Waals surface area (Å²) in [6.45, 7) is 0.321. The Balaban J connectivity index is 1.39. The van der Waals surface area contributed by atoms with Crippen LogP contribution in [-0.2, 0) is 11.3 Å². The van der Waals surface area contributed by atoms with E-state index >= 15 is 0 Å². The molecule has 3 aromatic heterocycles. The third kappa shape index (κ3) is 3.70. The fraction of sp³-hybridized carbons (Fsp3) is 0.0500. The molecule has 0 radical (unpaired) electrons. The minimum atomic E-state index is -0.188. The molecule has 1 amide bonds. The number of amides is 1. The summed E-state index contributed by atoms with van der Waals surface area (Å²) in [6, 6.07) is 15.4. The van der Waals surface area contributed by atoms with Gasteiger partial charge in [-0.15, -0.1) is 11.3 Å². The van der Waals surface area contributed by atoms with Crippen LogP contribution in [0.25, 0.3) is 27.1 Å². The van der Waals surface area contributed by atoms with Gasteiger partial charge in [-0.2, -0.15) is 0 Å². The number of pyridine rings is 1. The van der Waals surface area contributed by atoms with E-state index in [4.69, 9.17) is 4.42 Å². The van der Waals surface area contributed by atoms with E-state index in [2.05, 4.69) is 15.3 Å². The van der Waals surface area contributed by atoms with Crippen molar-refractivity contribution in [3.05, 3.63) is 78.3 Å². The molecule has 0 aliphatic heterocycles. The average Bonchev–Trinajstić information content (AvgIpc) is 3.32. The molecule has 1 aromatic carbocycles. The van der Waals surface area contributed by atoms with Crippen LogP contribution in [0.4, 0.5) is 0 Å². The van der Waals surface area contributed by atoms with Gasteiger partial charge in [-0.1, -0.05) is 18.2 Å². The number of rotatable bonds is 5. The number of para-hydroxylation sites is 1. The molecule has 0 atom stereocenters. The van der Waals surface area contributed by atoms with Crippen LogP contribution in [0.15, 0.2) is 71.4 Å². The Morgan fingerprint density at radius 3 is 2.92 bits per heavy atom. The molecule has 5 nitrogen and oxygen atoms in total. The summed E-state index contributed by atoms with van der Waals surface area (Å²) < 4.78 is 6.93. The second-order valence-electron chi connectivity index (χ2n) is 5.59. The number of carbonyl (C=O) groups is 1. The van der Waals surface area contributed by atoms with Crippen LogP contribution in [0.2, 0.25) is 0 Å². The molecule has 0 bridgehead atoms. The number of fused-ring (bicyclic) bond motifs is 1. The molecular formula is C20H15N3O2S. The molecule has 3 heterocycles. The summed E-state index contributed by atoms with van der Waals surface area (Å²) in [6.07, 6.45) is 6.59. The van der Waals surface area contributed by atoms with Crippen molar-refractivity contribution in [2.75, 3.05) is 0 Å². The summed E-state index contributed by atoms with van der Waals surface area (Å²) in [5, 5.41) is 3.64. The minimum Gasteiger partial charge on any atom is -0.457 e. The number of nitrogens with one attached hydrogen (secondary N) is 1. The number of furan rings is 1. The first kappa shape index (κ1) is 16.2. The van der Waals surface area contributed by atoms with Crippen LogP contribution in [0.3, 0.4) is 0 Å². The van der Waals surface area contributed by atoms with E-state index in [1.165, 1.54) is 6.08 Å². The molecule has 0 saturated carbocycles. The highest BCUT2D eigenvalue weighted by molar-refractivity contribution is 7.21. The fourth-order valence-electron chi connectivity index (χ4n) is 2.45. The molecule has 0 unspecified atom stereocenters. The molecule has 0 aliphatic carbocycles. The highest BCUT2D eigenvalue weighted by Crippen LogP contribution is 2.31. The summed E-state index contributed by atoms with van der Waals surface area (Å²) in [5.41, 5.74) is 1.83. The lowest BCUT2D eigenvalue weighted by atomic mass is 10.2. The normalized spacial score (nSPS) is 11.2. The molecule has 1 N–H and O–H groups in total. The number of benzene rings is 1. The lowest BCUT2D eigenvalue weighted by molar-refractivity contribution is -0.116. The van der Waals surface area contributed by atoms with Crippen LogP contribution in [0, 0.1) is 0 Å². The zero-order valence-electron chi connectivity index (χ0n) is 13.8. The molecule has 0 saturated heterocycles. The molecule has 0 spiro atoms. The first-order valence-corrected chi connectivity index (χ1v) is 8.90. The Morgan fingerprint density at radius 2 is 2.08 bits per heavy atom. The van der Waals surface area contributed by atoms with Gasteiger partial charge in [-0.25, -0.2) is 4.98 Å². The third-order valence-corrected chi connectivity index (χ3v) is 4.77. The molecule has 0 aliphatic rings. The van der Waals surface area contributed by atoms with Gasteiger partial charge in [0.15, 0.2) is 10.8 Å². The standard InChI is InChI=1S/C20H15N3O2S/c24-19(10-7-14-4-3-11-21-12-14)22-13-15-8-9-17(25-15)20-23-16-5-1-2-6-18(16)26-20/h1-12H,13H2,(H,22,24)/b10-7+. The molecule has 128 valence electrons. The van der Waals surface area contributed by atoms with Crippen molar-refractivity contribution in [1.29, 1.82) is 0 Å². The zero-order valence-corrected chi connectivity index (χ0v) is 14.6. The van der Waals surface area contributed by atoms with Crippen molar-refractivity contribution < 1.29 is 9.21 Å². The van der Waals surface area contributed by atoms with E-state index in [1.807, 2.05) is 48.5 Å².